The Balaban J connectivity index is 1.59. The third-order valence-electron chi connectivity index (χ3n) is 6.15. The van der Waals surface area contributed by atoms with Crippen molar-refractivity contribution in [3.63, 3.8) is 0 Å². The summed E-state index contributed by atoms with van der Waals surface area (Å²) in [6.45, 7) is 10.2. The molecule has 0 bridgehead atoms. The Morgan fingerprint density at radius 3 is 2.55 bits per heavy atom. The molecule has 2 aromatic carbocycles. The highest BCUT2D eigenvalue weighted by Gasteiger charge is 2.37. The fourth-order valence-electron chi connectivity index (χ4n) is 4.76. The van der Waals surface area contributed by atoms with Gasteiger partial charge in [-0.1, -0.05) is 36.7 Å². The van der Waals surface area contributed by atoms with Crippen LogP contribution in [0.2, 0.25) is 5.02 Å². The summed E-state index contributed by atoms with van der Waals surface area (Å²) in [5.41, 5.74) is 4.51. The van der Waals surface area contributed by atoms with E-state index in [-0.39, 0.29) is 23.2 Å². The molecule has 2 aliphatic heterocycles. The Kier molecular flexibility index (Phi) is 5.93. The smallest absolute Gasteiger partial charge is 0.293 e. The number of nitrogens with zero attached hydrogens (tertiary/aromatic N) is 2. The average molecular weight is 455 g/mol. The number of rotatable bonds is 4. The summed E-state index contributed by atoms with van der Waals surface area (Å²) in [4.78, 5) is 29.6. The van der Waals surface area contributed by atoms with Gasteiger partial charge in [-0.05, 0) is 91.9 Å². The fourth-order valence-corrected chi connectivity index (χ4v) is 5.72. The Labute approximate surface area is 193 Å². The number of amides is 2. The zero-order valence-electron chi connectivity index (χ0n) is 18.3. The van der Waals surface area contributed by atoms with E-state index >= 15 is 0 Å². The van der Waals surface area contributed by atoms with Gasteiger partial charge in [0.25, 0.3) is 11.1 Å². The SMILES string of the molecule is CCN1c2ccc(/C=C3\SC(=O)N(Cc4ccc(Cl)cc4)C3=O)cc2C(C)CC1(C)C. The number of benzene rings is 2. The molecule has 1 fully saturated rings. The first-order valence-electron chi connectivity index (χ1n) is 10.6. The summed E-state index contributed by atoms with van der Waals surface area (Å²) in [5.74, 6) is 0.188. The number of carbonyl (C=O) groups is 2. The maximum Gasteiger partial charge on any atom is 0.293 e. The van der Waals surface area contributed by atoms with E-state index in [1.165, 1.54) is 16.2 Å². The first-order valence-corrected chi connectivity index (χ1v) is 11.8. The molecule has 0 N–H and O–H groups in total. The number of imide groups is 1. The number of thioether (sulfide) groups is 1. The lowest BCUT2D eigenvalue weighted by Crippen LogP contribution is -2.48. The molecule has 2 amide bonds. The van der Waals surface area contributed by atoms with Gasteiger partial charge in [0.15, 0.2) is 0 Å². The lowest BCUT2D eigenvalue weighted by molar-refractivity contribution is -0.123. The van der Waals surface area contributed by atoms with Crippen LogP contribution < -0.4 is 4.90 Å². The van der Waals surface area contributed by atoms with E-state index in [1.807, 2.05) is 24.3 Å². The van der Waals surface area contributed by atoms with E-state index in [0.29, 0.717) is 15.8 Å². The molecule has 0 spiro atoms. The quantitative estimate of drug-likeness (QED) is 0.482. The third kappa shape index (κ3) is 4.26. The molecular weight excluding hydrogens is 428 g/mol. The number of halogens is 1. The van der Waals surface area contributed by atoms with Crippen molar-refractivity contribution in [3.05, 3.63) is 69.1 Å². The normalized spacial score (nSPS) is 21.7. The van der Waals surface area contributed by atoms with Crippen molar-refractivity contribution >= 4 is 46.3 Å². The van der Waals surface area contributed by atoms with Crippen LogP contribution in [0.3, 0.4) is 0 Å². The van der Waals surface area contributed by atoms with E-state index in [2.05, 4.69) is 44.7 Å². The monoisotopic (exact) mass is 454 g/mol. The highest BCUT2D eigenvalue weighted by molar-refractivity contribution is 8.18. The van der Waals surface area contributed by atoms with E-state index < -0.39 is 0 Å². The summed E-state index contributed by atoms with van der Waals surface area (Å²) in [6, 6.07) is 13.6. The summed E-state index contributed by atoms with van der Waals surface area (Å²) in [7, 11) is 0. The molecule has 0 saturated carbocycles. The predicted molar refractivity (Wildman–Crippen MR) is 130 cm³/mol. The fraction of sp³-hybridized carbons (Fsp3) is 0.360. The Bertz CT molecular complexity index is 1060. The molecule has 0 radical (unpaired) electrons. The topological polar surface area (TPSA) is 40.6 Å². The first-order chi connectivity index (χ1) is 14.7. The lowest BCUT2D eigenvalue weighted by Gasteiger charge is -2.47. The molecule has 4 nitrogen and oxygen atoms in total. The molecule has 2 aromatic rings. The van der Waals surface area contributed by atoms with Crippen LogP contribution in [0.25, 0.3) is 6.08 Å². The van der Waals surface area contributed by atoms with Gasteiger partial charge >= 0.3 is 0 Å². The number of anilines is 1. The van der Waals surface area contributed by atoms with Gasteiger partial charge in [0.1, 0.15) is 0 Å². The average Bonchev–Trinajstić information content (AvgIpc) is 2.97. The second kappa shape index (κ2) is 8.36. The van der Waals surface area contributed by atoms with Gasteiger partial charge in [0.2, 0.25) is 0 Å². The molecule has 31 heavy (non-hydrogen) atoms. The number of fused-ring (bicyclic) bond motifs is 1. The number of hydrogen-bond acceptors (Lipinski definition) is 4. The second-order valence-corrected chi connectivity index (χ2v) is 10.3. The van der Waals surface area contributed by atoms with Crippen LogP contribution in [0.15, 0.2) is 47.4 Å². The molecule has 1 saturated heterocycles. The van der Waals surface area contributed by atoms with Gasteiger partial charge in [-0.3, -0.25) is 14.5 Å². The minimum atomic E-state index is -0.243. The standard InChI is InChI=1S/C25H27ClN2O2S/c1-5-28-21-11-8-18(12-20(21)16(2)14-25(28,3)4)13-22-23(29)27(24(30)31-22)15-17-6-9-19(26)10-7-17/h6-13,16H,5,14-15H2,1-4H3/b22-13-. The molecule has 0 aliphatic carbocycles. The maximum atomic E-state index is 12.9. The maximum absolute atomic E-state index is 12.9. The predicted octanol–water partition coefficient (Wildman–Crippen LogP) is 6.69. The minimum Gasteiger partial charge on any atom is -0.366 e. The van der Waals surface area contributed by atoms with Crippen LogP contribution in [-0.4, -0.2) is 28.1 Å². The molecule has 4 rings (SSSR count). The second-order valence-electron chi connectivity index (χ2n) is 8.87. The van der Waals surface area contributed by atoms with Gasteiger partial charge in [0.05, 0.1) is 11.4 Å². The molecule has 2 heterocycles. The zero-order chi connectivity index (χ0) is 22.3. The number of hydrogen-bond donors (Lipinski definition) is 0. The van der Waals surface area contributed by atoms with Crippen LogP contribution in [0.4, 0.5) is 10.5 Å². The van der Waals surface area contributed by atoms with Crippen molar-refractivity contribution in [1.29, 1.82) is 0 Å². The summed E-state index contributed by atoms with van der Waals surface area (Å²) < 4.78 is 0. The Morgan fingerprint density at radius 1 is 1.16 bits per heavy atom. The first kappa shape index (κ1) is 22.0. The largest absolute Gasteiger partial charge is 0.366 e. The highest BCUT2D eigenvalue weighted by atomic mass is 35.5. The zero-order valence-corrected chi connectivity index (χ0v) is 19.9. The molecule has 6 heteroatoms. The van der Waals surface area contributed by atoms with Crippen molar-refractivity contribution in [1.82, 2.24) is 4.90 Å². The van der Waals surface area contributed by atoms with Crippen LogP contribution in [-0.2, 0) is 11.3 Å². The highest BCUT2D eigenvalue weighted by Crippen LogP contribution is 2.44. The van der Waals surface area contributed by atoms with Gasteiger partial charge < -0.3 is 4.90 Å². The van der Waals surface area contributed by atoms with E-state index in [4.69, 9.17) is 11.6 Å². The van der Waals surface area contributed by atoms with Crippen LogP contribution in [0.1, 0.15) is 56.7 Å². The van der Waals surface area contributed by atoms with Crippen LogP contribution >= 0.6 is 23.4 Å². The molecule has 1 atom stereocenters. The minimum absolute atomic E-state index is 0.118. The van der Waals surface area contributed by atoms with Crippen molar-refractivity contribution in [2.24, 2.45) is 0 Å². The van der Waals surface area contributed by atoms with E-state index in [1.54, 1.807) is 12.1 Å². The molecular formula is C25H27ClN2O2S. The van der Waals surface area contributed by atoms with Gasteiger partial charge in [-0.2, -0.15) is 0 Å². The molecule has 162 valence electrons. The third-order valence-corrected chi connectivity index (χ3v) is 7.31. The van der Waals surface area contributed by atoms with Crippen molar-refractivity contribution in [3.8, 4) is 0 Å². The van der Waals surface area contributed by atoms with Crippen LogP contribution in [0.5, 0.6) is 0 Å². The van der Waals surface area contributed by atoms with Gasteiger partial charge in [-0.25, -0.2) is 0 Å². The van der Waals surface area contributed by atoms with E-state index in [0.717, 1.165) is 35.9 Å². The van der Waals surface area contributed by atoms with E-state index in [9.17, 15) is 9.59 Å². The molecule has 2 aliphatic rings. The van der Waals surface area contributed by atoms with Crippen LogP contribution in [0, 0.1) is 0 Å². The lowest BCUT2D eigenvalue weighted by atomic mass is 9.79. The number of carbonyl (C=O) groups excluding carboxylic acids is 2. The Morgan fingerprint density at radius 2 is 1.87 bits per heavy atom. The van der Waals surface area contributed by atoms with Crippen molar-refractivity contribution in [2.45, 2.75) is 52.1 Å². The van der Waals surface area contributed by atoms with Gasteiger partial charge in [-0.15, -0.1) is 0 Å². The molecule has 0 aromatic heterocycles. The Hall–Kier alpha value is -2.24. The molecule has 1 unspecified atom stereocenters. The summed E-state index contributed by atoms with van der Waals surface area (Å²) >= 11 is 6.93. The van der Waals surface area contributed by atoms with Crippen molar-refractivity contribution in [2.75, 3.05) is 11.4 Å². The summed E-state index contributed by atoms with van der Waals surface area (Å²) in [6.07, 6.45) is 2.92. The van der Waals surface area contributed by atoms with Gasteiger partial charge in [0, 0.05) is 22.8 Å². The van der Waals surface area contributed by atoms with Crippen molar-refractivity contribution < 1.29 is 9.59 Å². The summed E-state index contributed by atoms with van der Waals surface area (Å²) in [5, 5.41) is 0.390.